The second-order valence-electron chi connectivity index (χ2n) is 14.9. The molecule has 67 heavy (non-hydrogen) atoms. The highest BCUT2D eigenvalue weighted by atomic mass is 16.6. The molecule has 7 aromatic carbocycles. The number of rotatable bonds is 19. The van der Waals surface area contributed by atoms with Gasteiger partial charge in [-0.15, -0.1) is 0 Å². The summed E-state index contributed by atoms with van der Waals surface area (Å²) < 4.78 is 21.3. The van der Waals surface area contributed by atoms with Crippen molar-refractivity contribution in [2.24, 2.45) is 0 Å². The first-order valence-electron chi connectivity index (χ1n) is 21.3. The molecule has 0 aliphatic heterocycles. The topological polar surface area (TPSA) is 112 Å². The molecule has 0 aromatic heterocycles. The monoisotopic (exact) mass is 885 g/mol. The summed E-state index contributed by atoms with van der Waals surface area (Å²) in [5, 5.41) is 9.13. The summed E-state index contributed by atoms with van der Waals surface area (Å²) in [6.07, 6.45) is 8.19. The minimum atomic E-state index is -0.568. The number of ether oxygens (including phenoxy) is 4. The summed E-state index contributed by atoms with van der Waals surface area (Å²) in [7, 11) is 0. The fourth-order valence-electron chi connectivity index (χ4n) is 7.18. The highest BCUT2D eigenvalue weighted by molar-refractivity contribution is 5.94. The Hall–Kier alpha value is -8.63. The van der Waals surface area contributed by atoms with Crippen LogP contribution in [-0.2, 0) is 25.5 Å². The first kappa shape index (κ1) is 46.4. The number of benzene rings is 7. The van der Waals surface area contributed by atoms with Crippen LogP contribution in [0.2, 0.25) is 0 Å². The molecule has 332 valence electrons. The molecule has 9 heteroatoms. The summed E-state index contributed by atoms with van der Waals surface area (Å²) in [6.45, 7) is 10.6. The Morgan fingerprint density at radius 1 is 0.463 bits per heavy atom. The van der Waals surface area contributed by atoms with E-state index in [0.717, 1.165) is 85.4 Å². The van der Waals surface area contributed by atoms with E-state index in [9.17, 15) is 14.4 Å². The molecule has 0 aliphatic carbocycles. The summed E-state index contributed by atoms with van der Waals surface area (Å²) in [5.41, 5.74) is 11.1. The number of nitrogens with zero attached hydrogens (tertiary/aromatic N) is 1. The van der Waals surface area contributed by atoms with Crippen molar-refractivity contribution in [2.75, 3.05) is 18.3 Å². The van der Waals surface area contributed by atoms with Crippen LogP contribution in [0.3, 0.4) is 0 Å². The molecule has 0 heterocycles. The van der Waals surface area contributed by atoms with Gasteiger partial charge < -0.3 is 29.0 Å². The van der Waals surface area contributed by atoms with Crippen molar-refractivity contribution in [2.45, 2.75) is 6.42 Å². The molecule has 7 rings (SSSR count). The highest BCUT2D eigenvalue weighted by Crippen LogP contribution is 2.37. The Morgan fingerprint density at radius 2 is 0.881 bits per heavy atom. The zero-order chi connectivity index (χ0) is 47.0. The smallest absolute Gasteiger partial charge is 0.335 e. The number of carbonyl (C=O) groups excluding carboxylic acids is 3. The standard InChI is InChI=1S/C58H47NO8/c1-4-56(61)65-51-31-21-45(22-32-51)54(44-11-8-7-9-12-44)37-42-17-27-49(28-18-42)59(48-25-15-41(16-26-48)35-36-64-40-60)50-29-19-43(20-30-50)38-55(46-23-33-52(34-24-46)66-57(62)5-2)47-13-10-14-53(39-47)67-58(63)6-3/h4-34,37-39,60H,1-3,35-36,40H2. The second kappa shape index (κ2) is 22.8. The van der Waals surface area contributed by atoms with Gasteiger partial charge in [-0.2, -0.15) is 0 Å². The summed E-state index contributed by atoms with van der Waals surface area (Å²) in [4.78, 5) is 38.0. The van der Waals surface area contributed by atoms with Gasteiger partial charge in [-0.3, -0.25) is 0 Å². The van der Waals surface area contributed by atoms with E-state index in [1.54, 1.807) is 36.4 Å². The van der Waals surface area contributed by atoms with Gasteiger partial charge in [0.25, 0.3) is 0 Å². The minimum absolute atomic E-state index is 0.326. The molecular formula is C58H47NO8. The van der Waals surface area contributed by atoms with Gasteiger partial charge in [0.05, 0.1) is 6.61 Å². The number of esters is 3. The Bertz CT molecular complexity index is 2900. The third-order valence-corrected chi connectivity index (χ3v) is 10.5. The number of aliphatic hydroxyl groups excluding tert-OH is 1. The Morgan fingerprint density at radius 3 is 1.34 bits per heavy atom. The fourth-order valence-corrected chi connectivity index (χ4v) is 7.18. The normalized spacial score (nSPS) is 11.2. The molecule has 9 nitrogen and oxygen atoms in total. The van der Waals surface area contributed by atoms with E-state index in [1.807, 2.05) is 72.8 Å². The first-order valence-corrected chi connectivity index (χ1v) is 21.3. The second-order valence-corrected chi connectivity index (χ2v) is 14.9. The maximum absolute atomic E-state index is 12.1. The lowest BCUT2D eigenvalue weighted by Gasteiger charge is -2.26. The van der Waals surface area contributed by atoms with Gasteiger partial charge in [-0.05, 0) is 141 Å². The minimum Gasteiger partial charge on any atom is -0.423 e. The lowest BCUT2D eigenvalue weighted by molar-refractivity contribution is -0.129. The average Bonchev–Trinajstić information content (AvgIpc) is 3.37. The average molecular weight is 886 g/mol. The van der Waals surface area contributed by atoms with Crippen LogP contribution in [0.1, 0.15) is 38.9 Å². The van der Waals surface area contributed by atoms with Crippen LogP contribution in [0.5, 0.6) is 17.2 Å². The largest absolute Gasteiger partial charge is 0.423 e. The molecule has 0 aliphatic rings. The van der Waals surface area contributed by atoms with Crippen LogP contribution < -0.4 is 19.1 Å². The highest BCUT2D eigenvalue weighted by Gasteiger charge is 2.15. The third-order valence-electron chi connectivity index (χ3n) is 10.5. The quantitative estimate of drug-likeness (QED) is 0.0212. The van der Waals surface area contributed by atoms with Gasteiger partial charge in [0.15, 0.2) is 0 Å². The number of aliphatic hydroxyl groups is 1. The van der Waals surface area contributed by atoms with Crippen molar-refractivity contribution in [1.82, 2.24) is 0 Å². The first-order chi connectivity index (χ1) is 32.7. The molecule has 0 saturated carbocycles. The summed E-state index contributed by atoms with van der Waals surface area (Å²) >= 11 is 0. The van der Waals surface area contributed by atoms with E-state index in [1.165, 1.54) is 0 Å². The number of anilines is 3. The molecule has 7 aromatic rings. The molecule has 0 saturated heterocycles. The molecule has 0 radical (unpaired) electrons. The molecule has 0 bridgehead atoms. The lowest BCUT2D eigenvalue weighted by Crippen LogP contribution is -2.10. The zero-order valence-corrected chi connectivity index (χ0v) is 36.6. The van der Waals surface area contributed by atoms with Crippen molar-refractivity contribution in [1.29, 1.82) is 0 Å². The predicted octanol–water partition coefficient (Wildman–Crippen LogP) is 12.1. The Balaban J connectivity index is 1.25. The van der Waals surface area contributed by atoms with Crippen molar-refractivity contribution >= 4 is 58.3 Å². The van der Waals surface area contributed by atoms with Crippen molar-refractivity contribution in [3.05, 3.63) is 253 Å². The molecule has 0 amide bonds. The van der Waals surface area contributed by atoms with Crippen molar-refractivity contribution < 1.29 is 38.4 Å². The van der Waals surface area contributed by atoms with E-state index >= 15 is 0 Å². The van der Waals surface area contributed by atoms with Crippen molar-refractivity contribution in [3.63, 3.8) is 0 Å². The maximum Gasteiger partial charge on any atom is 0.335 e. The number of carbonyl (C=O) groups is 3. The lowest BCUT2D eigenvalue weighted by atomic mass is 9.95. The maximum atomic E-state index is 12.1. The predicted molar refractivity (Wildman–Crippen MR) is 265 cm³/mol. The molecule has 0 atom stereocenters. The fraction of sp³-hybridized carbons (Fsp3) is 0.0517. The van der Waals surface area contributed by atoms with Gasteiger partial charge in [0.1, 0.15) is 24.0 Å². The van der Waals surface area contributed by atoms with Crippen LogP contribution in [0, 0.1) is 0 Å². The van der Waals surface area contributed by atoms with Crippen LogP contribution in [-0.4, -0.2) is 36.4 Å². The van der Waals surface area contributed by atoms with Gasteiger partial charge in [-0.1, -0.05) is 123 Å². The number of hydrogen-bond acceptors (Lipinski definition) is 9. The van der Waals surface area contributed by atoms with E-state index in [-0.39, 0.29) is 6.79 Å². The van der Waals surface area contributed by atoms with Crippen LogP contribution in [0.25, 0.3) is 23.3 Å². The van der Waals surface area contributed by atoms with Crippen LogP contribution in [0.15, 0.2) is 214 Å². The van der Waals surface area contributed by atoms with E-state index in [2.05, 4.69) is 104 Å². The summed E-state index contributed by atoms with van der Waals surface area (Å²) in [5.74, 6) is -0.478. The summed E-state index contributed by atoms with van der Waals surface area (Å²) in [6, 6.07) is 56.7. The van der Waals surface area contributed by atoms with E-state index < -0.39 is 17.9 Å². The third kappa shape index (κ3) is 12.6. The van der Waals surface area contributed by atoms with Gasteiger partial charge in [0.2, 0.25) is 0 Å². The van der Waals surface area contributed by atoms with Gasteiger partial charge >= 0.3 is 17.9 Å². The van der Waals surface area contributed by atoms with Gasteiger partial charge in [0, 0.05) is 35.3 Å². The molecular weight excluding hydrogens is 839 g/mol. The molecule has 0 unspecified atom stereocenters. The Kier molecular flexibility index (Phi) is 15.8. The molecule has 1 N–H and O–H groups in total. The van der Waals surface area contributed by atoms with Crippen LogP contribution >= 0.6 is 0 Å². The van der Waals surface area contributed by atoms with Crippen molar-refractivity contribution in [3.8, 4) is 17.2 Å². The zero-order valence-electron chi connectivity index (χ0n) is 36.6. The number of hydrogen-bond donors (Lipinski definition) is 1. The van der Waals surface area contributed by atoms with Crippen LogP contribution in [0.4, 0.5) is 17.1 Å². The SMILES string of the molecule is C=CC(=O)Oc1ccc(C(=Cc2ccc(N(c3ccc(C=C(c4ccc(OC(=O)C=C)cc4)c4cccc(OC(=O)C=C)c4)cc3)c3ccc(CCOCO)cc3)cc2)c2ccccc2)cc1. The van der Waals surface area contributed by atoms with E-state index in [0.29, 0.717) is 30.3 Å². The Labute approximate surface area is 390 Å². The molecule has 0 fully saturated rings. The van der Waals surface area contributed by atoms with Gasteiger partial charge in [-0.25, -0.2) is 14.4 Å². The van der Waals surface area contributed by atoms with E-state index in [4.69, 9.17) is 24.1 Å². The molecule has 0 spiro atoms.